The summed E-state index contributed by atoms with van der Waals surface area (Å²) < 4.78 is 13.3. The number of halogens is 2. The fourth-order valence-corrected chi connectivity index (χ4v) is 2.26. The van der Waals surface area contributed by atoms with Gasteiger partial charge in [-0.3, -0.25) is 10.1 Å². The molecule has 0 bridgehead atoms. The van der Waals surface area contributed by atoms with E-state index in [9.17, 15) is 14.5 Å². The van der Waals surface area contributed by atoms with Crippen LogP contribution in [0, 0.1) is 15.9 Å². The molecule has 6 heteroatoms. The van der Waals surface area contributed by atoms with Gasteiger partial charge in [0.25, 0.3) is 5.69 Å². The van der Waals surface area contributed by atoms with Crippen molar-refractivity contribution in [3.8, 4) is 0 Å². The standard InChI is InChI=1S/C15H14ClFN2O2/c1-2-18(13-5-3-4-12(17)9-13)10-11-6-7-14(16)15(8-11)19(20)21/h3-9H,2,10H2,1H3. The highest BCUT2D eigenvalue weighted by Gasteiger charge is 2.14. The summed E-state index contributed by atoms with van der Waals surface area (Å²) in [7, 11) is 0. The van der Waals surface area contributed by atoms with Crippen molar-refractivity contribution in [2.45, 2.75) is 13.5 Å². The normalized spacial score (nSPS) is 10.4. The topological polar surface area (TPSA) is 46.4 Å². The van der Waals surface area contributed by atoms with Crippen LogP contribution in [-0.4, -0.2) is 11.5 Å². The molecule has 0 aliphatic carbocycles. The van der Waals surface area contributed by atoms with E-state index in [4.69, 9.17) is 11.6 Å². The van der Waals surface area contributed by atoms with Gasteiger partial charge >= 0.3 is 0 Å². The Kier molecular flexibility index (Phi) is 4.75. The predicted molar refractivity (Wildman–Crippen MR) is 81.2 cm³/mol. The van der Waals surface area contributed by atoms with Crippen molar-refractivity contribution >= 4 is 23.0 Å². The lowest BCUT2D eigenvalue weighted by atomic mass is 10.1. The Balaban J connectivity index is 2.27. The number of nitro benzene ring substituents is 1. The number of rotatable bonds is 5. The zero-order chi connectivity index (χ0) is 15.4. The van der Waals surface area contributed by atoms with E-state index in [-0.39, 0.29) is 16.5 Å². The lowest BCUT2D eigenvalue weighted by Crippen LogP contribution is -2.22. The van der Waals surface area contributed by atoms with E-state index in [1.165, 1.54) is 24.3 Å². The van der Waals surface area contributed by atoms with Gasteiger partial charge in [0, 0.05) is 24.8 Å². The Morgan fingerprint density at radius 2 is 2.05 bits per heavy atom. The van der Waals surface area contributed by atoms with Gasteiger partial charge in [0.2, 0.25) is 0 Å². The van der Waals surface area contributed by atoms with Crippen molar-refractivity contribution in [3.05, 3.63) is 69.0 Å². The minimum absolute atomic E-state index is 0.109. The van der Waals surface area contributed by atoms with Crippen LogP contribution in [0.5, 0.6) is 0 Å². The summed E-state index contributed by atoms with van der Waals surface area (Å²) in [5.74, 6) is -0.312. The second kappa shape index (κ2) is 6.54. The summed E-state index contributed by atoms with van der Waals surface area (Å²) in [4.78, 5) is 12.3. The summed E-state index contributed by atoms with van der Waals surface area (Å²) in [5.41, 5.74) is 1.36. The quantitative estimate of drug-likeness (QED) is 0.607. The molecular weight excluding hydrogens is 295 g/mol. The maximum absolute atomic E-state index is 13.3. The van der Waals surface area contributed by atoms with Gasteiger partial charge in [-0.15, -0.1) is 0 Å². The molecule has 21 heavy (non-hydrogen) atoms. The molecule has 0 amide bonds. The summed E-state index contributed by atoms with van der Waals surface area (Å²) in [6.07, 6.45) is 0. The van der Waals surface area contributed by atoms with Gasteiger partial charge in [-0.1, -0.05) is 23.7 Å². The molecule has 0 radical (unpaired) electrons. The second-order valence-corrected chi connectivity index (χ2v) is 4.94. The smallest absolute Gasteiger partial charge is 0.288 e. The molecule has 0 spiro atoms. The molecule has 4 nitrogen and oxygen atoms in total. The molecule has 0 atom stereocenters. The number of benzene rings is 2. The van der Waals surface area contributed by atoms with Crippen LogP contribution in [-0.2, 0) is 6.54 Å². The first-order chi connectivity index (χ1) is 10.0. The third-order valence-corrected chi connectivity index (χ3v) is 3.46. The maximum atomic E-state index is 13.3. The zero-order valence-electron chi connectivity index (χ0n) is 11.4. The SMILES string of the molecule is CCN(Cc1ccc(Cl)c([N+](=O)[O-])c1)c1cccc(F)c1. The molecular formula is C15H14ClFN2O2. The summed E-state index contributed by atoms with van der Waals surface area (Å²) in [6.45, 7) is 3.03. The van der Waals surface area contributed by atoms with E-state index in [0.29, 0.717) is 13.1 Å². The minimum Gasteiger partial charge on any atom is -0.367 e. The van der Waals surface area contributed by atoms with Crippen LogP contribution in [0.2, 0.25) is 5.02 Å². The molecule has 2 rings (SSSR count). The van der Waals surface area contributed by atoms with Gasteiger partial charge in [0.1, 0.15) is 10.8 Å². The molecule has 0 aliphatic heterocycles. The molecule has 2 aromatic carbocycles. The molecule has 0 saturated heterocycles. The third-order valence-electron chi connectivity index (χ3n) is 3.14. The van der Waals surface area contributed by atoms with Crippen LogP contribution >= 0.6 is 11.6 Å². The number of hydrogen-bond donors (Lipinski definition) is 0. The maximum Gasteiger partial charge on any atom is 0.288 e. The van der Waals surface area contributed by atoms with Gasteiger partial charge < -0.3 is 4.90 Å². The Hall–Kier alpha value is -2.14. The van der Waals surface area contributed by atoms with Crippen LogP contribution in [0.25, 0.3) is 0 Å². The summed E-state index contributed by atoms with van der Waals surface area (Å²) in [6, 6.07) is 10.9. The van der Waals surface area contributed by atoms with Gasteiger partial charge in [-0.2, -0.15) is 0 Å². The van der Waals surface area contributed by atoms with E-state index >= 15 is 0 Å². The van der Waals surface area contributed by atoms with Crippen molar-refractivity contribution in [3.63, 3.8) is 0 Å². The first-order valence-corrected chi connectivity index (χ1v) is 6.82. The lowest BCUT2D eigenvalue weighted by molar-refractivity contribution is -0.384. The number of nitrogens with zero attached hydrogens (tertiary/aromatic N) is 2. The monoisotopic (exact) mass is 308 g/mol. The van der Waals surface area contributed by atoms with Crippen LogP contribution in [0.1, 0.15) is 12.5 Å². The van der Waals surface area contributed by atoms with Crippen LogP contribution < -0.4 is 4.90 Å². The largest absolute Gasteiger partial charge is 0.367 e. The predicted octanol–water partition coefficient (Wildman–Crippen LogP) is 4.41. The van der Waals surface area contributed by atoms with Crippen molar-refractivity contribution in [2.75, 3.05) is 11.4 Å². The summed E-state index contributed by atoms with van der Waals surface area (Å²) in [5, 5.41) is 11.0. The van der Waals surface area contributed by atoms with Crippen molar-refractivity contribution in [1.82, 2.24) is 0 Å². The minimum atomic E-state index is -0.510. The van der Waals surface area contributed by atoms with Crippen molar-refractivity contribution in [1.29, 1.82) is 0 Å². The second-order valence-electron chi connectivity index (χ2n) is 4.54. The van der Waals surface area contributed by atoms with Gasteiger partial charge in [-0.05, 0) is 36.8 Å². The van der Waals surface area contributed by atoms with Gasteiger partial charge in [0.15, 0.2) is 0 Å². The highest BCUT2D eigenvalue weighted by molar-refractivity contribution is 6.32. The molecule has 0 aromatic heterocycles. The molecule has 2 aromatic rings. The van der Waals surface area contributed by atoms with E-state index in [2.05, 4.69) is 0 Å². The molecule has 0 aliphatic rings. The lowest BCUT2D eigenvalue weighted by Gasteiger charge is -2.23. The fraction of sp³-hybridized carbons (Fsp3) is 0.200. The van der Waals surface area contributed by atoms with Crippen LogP contribution in [0.3, 0.4) is 0 Å². The molecule has 0 fully saturated rings. The third kappa shape index (κ3) is 3.70. The first kappa shape index (κ1) is 15.3. The average Bonchev–Trinajstić information content (AvgIpc) is 2.46. The fourth-order valence-electron chi connectivity index (χ4n) is 2.08. The van der Waals surface area contributed by atoms with Gasteiger partial charge in [0.05, 0.1) is 4.92 Å². The molecule has 110 valence electrons. The van der Waals surface area contributed by atoms with E-state index in [0.717, 1.165) is 11.3 Å². The van der Waals surface area contributed by atoms with Crippen LogP contribution in [0.4, 0.5) is 15.8 Å². The van der Waals surface area contributed by atoms with E-state index in [1.807, 2.05) is 11.8 Å². The summed E-state index contributed by atoms with van der Waals surface area (Å²) >= 11 is 5.79. The number of anilines is 1. The van der Waals surface area contributed by atoms with Crippen molar-refractivity contribution < 1.29 is 9.31 Å². The van der Waals surface area contributed by atoms with Gasteiger partial charge in [-0.25, -0.2) is 4.39 Å². The Morgan fingerprint density at radius 1 is 1.29 bits per heavy atom. The highest BCUT2D eigenvalue weighted by atomic mass is 35.5. The zero-order valence-corrected chi connectivity index (χ0v) is 12.2. The molecule has 0 heterocycles. The van der Waals surface area contributed by atoms with Crippen molar-refractivity contribution in [2.24, 2.45) is 0 Å². The number of nitro groups is 1. The van der Waals surface area contributed by atoms with E-state index in [1.54, 1.807) is 18.2 Å². The first-order valence-electron chi connectivity index (χ1n) is 6.44. The highest BCUT2D eigenvalue weighted by Crippen LogP contribution is 2.26. The Morgan fingerprint density at radius 3 is 2.67 bits per heavy atom. The van der Waals surface area contributed by atoms with Crippen LogP contribution in [0.15, 0.2) is 42.5 Å². The average molecular weight is 309 g/mol. The Labute approximate surface area is 126 Å². The van der Waals surface area contributed by atoms with E-state index < -0.39 is 4.92 Å². The molecule has 0 unspecified atom stereocenters. The Bertz CT molecular complexity index is 664. The number of hydrogen-bond acceptors (Lipinski definition) is 3. The molecule has 0 N–H and O–H groups in total. The molecule has 0 saturated carbocycles.